The van der Waals surface area contributed by atoms with Crippen molar-refractivity contribution in [3.05, 3.63) is 53.7 Å². The largest absolute Gasteiger partial charge is 0.367 e. The van der Waals surface area contributed by atoms with Gasteiger partial charge in [0.2, 0.25) is 10.0 Å². The molecular formula is C26H32N4O5S. The molecule has 192 valence electrons. The van der Waals surface area contributed by atoms with E-state index in [0.29, 0.717) is 39.1 Å². The summed E-state index contributed by atoms with van der Waals surface area (Å²) in [5, 5.41) is 2.89. The van der Waals surface area contributed by atoms with Crippen LogP contribution < -0.4 is 10.2 Å². The van der Waals surface area contributed by atoms with Gasteiger partial charge in [0.05, 0.1) is 19.7 Å². The predicted octanol–water partition coefficient (Wildman–Crippen LogP) is 2.17. The van der Waals surface area contributed by atoms with E-state index >= 15 is 0 Å². The third kappa shape index (κ3) is 3.82. The fourth-order valence-electron chi connectivity index (χ4n) is 6.10. The summed E-state index contributed by atoms with van der Waals surface area (Å²) in [5.74, 6) is 0.519. The minimum Gasteiger partial charge on any atom is -0.367 e. The maximum absolute atomic E-state index is 13.5. The summed E-state index contributed by atoms with van der Waals surface area (Å²) in [6.07, 6.45) is 4.54. The summed E-state index contributed by atoms with van der Waals surface area (Å²) >= 11 is 0. The number of morpholine rings is 1. The number of amides is 1. The Balaban J connectivity index is 1.20. The van der Waals surface area contributed by atoms with Gasteiger partial charge in [0.1, 0.15) is 21.9 Å². The molecule has 9 nitrogen and oxygen atoms in total. The first-order valence-electron chi connectivity index (χ1n) is 12.6. The van der Waals surface area contributed by atoms with Crippen LogP contribution in [0.4, 0.5) is 5.82 Å². The molecular weight excluding hydrogens is 480 g/mol. The van der Waals surface area contributed by atoms with Crippen molar-refractivity contribution in [2.24, 2.45) is 0 Å². The number of carbonyl (C=O) groups excluding carboxylic acids is 1. The van der Waals surface area contributed by atoms with E-state index in [4.69, 9.17) is 9.47 Å². The molecule has 1 amide bonds. The van der Waals surface area contributed by atoms with E-state index in [1.165, 1.54) is 21.6 Å². The van der Waals surface area contributed by atoms with Crippen LogP contribution in [0.2, 0.25) is 0 Å². The Hall–Kier alpha value is -2.53. The third-order valence-electron chi connectivity index (χ3n) is 7.93. The van der Waals surface area contributed by atoms with Crippen LogP contribution in [0.1, 0.15) is 44.2 Å². The van der Waals surface area contributed by atoms with Gasteiger partial charge in [-0.3, -0.25) is 4.79 Å². The molecule has 3 aliphatic heterocycles. The molecule has 1 N–H and O–H groups in total. The maximum atomic E-state index is 13.5. The Bertz CT molecular complexity index is 1290. The number of aromatic nitrogens is 1. The van der Waals surface area contributed by atoms with Crippen LogP contribution in [0.15, 0.2) is 47.5 Å². The van der Waals surface area contributed by atoms with Crippen molar-refractivity contribution < 1.29 is 22.7 Å². The lowest BCUT2D eigenvalue weighted by molar-refractivity contribution is -0.137. The second-order valence-electron chi connectivity index (χ2n) is 10.8. The highest BCUT2D eigenvalue weighted by molar-refractivity contribution is 7.89. The lowest BCUT2D eigenvalue weighted by Gasteiger charge is -2.41. The predicted molar refractivity (Wildman–Crippen MR) is 133 cm³/mol. The monoisotopic (exact) mass is 512 g/mol. The first-order valence-corrected chi connectivity index (χ1v) is 14.0. The Kier molecular flexibility index (Phi) is 5.46. The van der Waals surface area contributed by atoms with E-state index in [0.717, 1.165) is 18.7 Å². The number of fused-ring (bicyclic) bond motifs is 2. The zero-order valence-corrected chi connectivity index (χ0v) is 21.5. The minimum atomic E-state index is -3.79. The number of ether oxygens (including phenoxy) is 2. The first-order chi connectivity index (χ1) is 17.1. The van der Waals surface area contributed by atoms with Gasteiger partial charge in [-0.2, -0.15) is 4.31 Å². The molecule has 0 saturated carbocycles. The highest BCUT2D eigenvalue weighted by atomic mass is 32.2. The van der Waals surface area contributed by atoms with Crippen LogP contribution in [-0.2, 0) is 36.3 Å². The lowest BCUT2D eigenvalue weighted by Crippen LogP contribution is -2.56. The summed E-state index contributed by atoms with van der Waals surface area (Å²) in [6.45, 7) is 5.83. The number of hydrogen-bond acceptors (Lipinski definition) is 7. The Morgan fingerprint density at radius 3 is 2.64 bits per heavy atom. The number of aryl methyl sites for hydroxylation is 1. The van der Waals surface area contributed by atoms with Crippen LogP contribution in [-0.4, -0.2) is 67.7 Å². The van der Waals surface area contributed by atoms with Crippen LogP contribution >= 0.6 is 0 Å². The number of carbonyl (C=O) groups is 1. The molecule has 36 heavy (non-hydrogen) atoms. The molecule has 1 aromatic heterocycles. The number of nitrogens with one attached hydrogen (secondary N) is 1. The second-order valence-corrected chi connectivity index (χ2v) is 12.7. The normalized spacial score (nSPS) is 30.1. The summed E-state index contributed by atoms with van der Waals surface area (Å²) < 4.78 is 40.7. The average molecular weight is 513 g/mol. The topological polar surface area (TPSA) is 101 Å². The SMILES string of the molecule is CC1(C)OC2(CCCN(S(=O)(=O)c3ccc(N4CCOC5(CCc6ccccc65)C4)nc3)C2)NC1=O. The Morgan fingerprint density at radius 1 is 1.06 bits per heavy atom. The van der Waals surface area contributed by atoms with Gasteiger partial charge in [0, 0.05) is 19.3 Å². The van der Waals surface area contributed by atoms with Gasteiger partial charge in [-0.15, -0.1) is 0 Å². The first kappa shape index (κ1) is 23.8. The van der Waals surface area contributed by atoms with Gasteiger partial charge < -0.3 is 19.7 Å². The van der Waals surface area contributed by atoms with E-state index in [-0.39, 0.29) is 22.9 Å². The number of sulfonamides is 1. The van der Waals surface area contributed by atoms with Gasteiger partial charge in [0.15, 0.2) is 5.72 Å². The van der Waals surface area contributed by atoms with Gasteiger partial charge in [-0.25, -0.2) is 13.4 Å². The second kappa shape index (κ2) is 8.24. The molecule has 1 aromatic carbocycles. The lowest BCUT2D eigenvalue weighted by atomic mass is 9.93. The number of rotatable bonds is 3. The van der Waals surface area contributed by atoms with Crippen molar-refractivity contribution in [3.8, 4) is 0 Å². The number of pyridine rings is 1. The van der Waals surface area contributed by atoms with E-state index in [1.807, 2.05) is 0 Å². The number of nitrogens with zero attached hydrogens (tertiary/aromatic N) is 3. The van der Waals surface area contributed by atoms with Crippen LogP contribution in [0.25, 0.3) is 0 Å². The van der Waals surface area contributed by atoms with Crippen molar-refractivity contribution in [2.45, 2.75) is 61.4 Å². The minimum absolute atomic E-state index is 0.0810. The molecule has 3 saturated heterocycles. The fraction of sp³-hybridized carbons (Fsp3) is 0.538. The summed E-state index contributed by atoms with van der Waals surface area (Å²) in [7, 11) is -3.79. The molecule has 4 aliphatic rings. The summed E-state index contributed by atoms with van der Waals surface area (Å²) in [6, 6.07) is 11.8. The number of benzene rings is 1. The van der Waals surface area contributed by atoms with Gasteiger partial charge in [0.25, 0.3) is 5.91 Å². The van der Waals surface area contributed by atoms with Crippen molar-refractivity contribution in [1.29, 1.82) is 0 Å². The average Bonchev–Trinajstić information content (AvgIpc) is 3.32. The molecule has 1 aliphatic carbocycles. The van der Waals surface area contributed by atoms with E-state index in [1.54, 1.807) is 26.0 Å². The van der Waals surface area contributed by atoms with Crippen molar-refractivity contribution in [1.82, 2.24) is 14.6 Å². The molecule has 2 atom stereocenters. The van der Waals surface area contributed by atoms with E-state index in [2.05, 4.69) is 39.5 Å². The maximum Gasteiger partial charge on any atom is 0.254 e. The molecule has 2 unspecified atom stereocenters. The Labute approximate surface area is 211 Å². The molecule has 2 aromatic rings. The van der Waals surface area contributed by atoms with Crippen LogP contribution in [0.3, 0.4) is 0 Å². The quantitative estimate of drug-likeness (QED) is 0.673. The molecule has 6 rings (SSSR count). The smallest absolute Gasteiger partial charge is 0.254 e. The zero-order valence-electron chi connectivity index (χ0n) is 20.7. The van der Waals surface area contributed by atoms with Crippen molar-refractivity contribution >= 4 is 21.7 Å². The van der Waals surface area contributed by atoms with Crippen molar-refractivity contribution in [2.75, 3.05) is 37.7 Å². The molecule has 4 heterocycles. The molecule has 0 radical (unpaired) electrons. The van der Waals surface area contributed by atoms with Crippen molar-refractivity contribution in [3.63, 3.8) is 0 Å². The van der Waals surface area contributed by atoms with Gasteiger partial charge in [-0.05, 0) is 62.8 Å². The number of piperidine rings is 1. The van der Waals surface area contributed by atoms with Gasteiger partial charge in [-0.1, -0.05) is 24.3 Å². The number of hydrogen-bond donors (Lipinski definition) is 1. The molecule has 10 heteroatoms. The molecule has 0 bridgehead atoms. The number of anilines is 1. The summed E-state index contributed by atoms with van der Waals surface area (Å²) in [5.41, 5.74) is 0.267. The standard InChI is InChI=1S/C26H32N4O5S/c1-24(2)23(31)28-26(35-24)11-5-13-30(18-26)36(32,33)20-8-9-22(27-16-20)29-14-15-34-25(17-29)12-10-19-6-3-4-7-21(19)25/h3-4,6-9,16H,5,10-15,17-18H2,1-2H3,(H,28,31). The highest BCUT2D eigenvalue weighted by Gasteiger charge is 2.53. The van der Waals surface area contributed by atoms with Crippen LogP contribution in [0, 0.1) is 0 Å². The third-order valence-corrected chi connectivity index (χ3v) is 9.76. The Morgan fingerprint density at radius 2 is 1.89 bits per heavy atom. The van der Waals surface area contributed by atoms with E-state index < -0.39 is 21.3 Å². The fourth-order valence-corrected chi connectivity index (χ4v) is 7.57. The molecule has 2 spiro atoms. The van der Waals surface area contributed by atoms with Gasteiger partial charge >= 0.3 is 0 Å². The highest BCUT2D eigenvalue weighted by Crippen LogP contribution is 2.43. The van der Waals surface area contributed by atoms with E-state index in [9.17, 15) is 13.2 Å². The molecule has 3 fully saturated rings. The van der Waals surface area contributed by atoms with Crippen LogP contribution in [0.5, 0.6) is 0 Å². The zero-order chi connectivity index (χ0) is 25.2. The summed E-state index contributed by atoms with van der Waals surface area (Å²) in [4.78, 5) is 19.2.